The minimum absolute atomic E-state index is 0.0123. The molecule has 0 spiro atoms. The van der Waals surface area contributed by atoms with Crippen LogP contribution in [0.15, 0.2) is 18.2 Å². The molecule has 0 bridgehead atoms. The number of hydrogen-bond acceptors (Lipinski definition) is 6. The highest BCUT2D eigenvalue weighted by atomic mass is 16.5. The summed E-state index contributed by atoms with van der Waals surface area (Å²) in [5, 5.41) is 3.21. The molecule has 0 aromatic heterocycles. The van der Waals surface area contributed by atoms with E-state index in [1.807, 2.05) is 4.90 Å². The zero-order valence-electron chi connectivity index (χ0n) is 21.3. The smallest absolute Gasteiger partial charge is 0.254 e. The summed E-state index contributed by atoms with van der Waals surface area (Å²) in [7, 11) is 3.15. The first kappa shape index (κ1) is 26.3. The topological polar surface area (TPSA) is 74.4 Å². The quantitative estimate of drug-likeness (QED) is 0.531. The van der Waals surface area contributed by atoms with Gasteiger partial charge >= 0.3 is 0 Å². The van der Waals surface area contributed by atoms with E-state index in [2.05, 4.69) is 29.0 Å². The van der Waals surface area contributed by atoms with Crippen molar-refractivity contribution in [1.29, 1.82) is 0 Å². The number of amides is 2. The van der Waals surface area contributed by atoms with Crippen molar-refractivity contribution >= 4 is 11.8 Å². The normalized spacial score (nSPS) is 18.2. The van der Waals surface area contributed by atoms with Crippen molar-refractivity contribution in [1.82, 2.24) is 20.0 Å². The Hall–Kier alpha value is -2.32. The van der Waals surface area contributed by atoms with Gasteiger partial charge in [-0.15, -0.1) is 0 Å². The van der Waals surface area contributed by atoms with Crippen LogP contribution in [0.5, 0.6) is 11.5 Å². The standard InChI is InChI=1S/C26H42N4O4/c1-5-28(6-2)14-13-27-25(31)24(20-9-7-8-10-20)29-15-17-30(18-16-29)26(32)21-11-12-22(33-3)23(19-21)34-4/h11-12,19-20,24H,5-10,13-18H2,1-4H3,(H,27,31)/t24-/m0/s1. The highest BCUT2D eigenvalue weighted by molar-refractivity contribution is 5.95. The molecule has 8 heteroatoms. The number of methoxy groups -OCH3 is 2. The van der Waals surface area contributed by atoms with Crippen LogP contribution in [-0.2, 0) is 4.79 Å². The van der Waals surface area contributed by atoms with Crippen molar-refractivity contribution in [3.8, 4) is 11.5 Å². The molecule has 1 saturated carbocycles. The maximum atomic E-state index is 13.3. The maximum absolute atomic E-state index is 13.3. The number of rotatable bonds is 11. The van der Waals surface area contributed by atoms with E-state index >= 15 is 0 Å². The summed E-state index contributed by atoms with van der Waals surface area (Å²) in [5.74, 6) is 1.70. The number of piperazine rings is 1. The molecule has 1 aromatic rings. The Kier molecular flexibility index (Phi) is 10.0. The summed E-state index contributed by atoms with van der Waals surface area (Å²) in [6.07, 6.45) is 4.62. The number of hydrogen-bond donors (Lipinski definition) is 1. The molecule has 1 saturated heterocycles. The minimum atomic E-state index is -0.0995. The summed E-state index contributed by atoms with van der Waals surface area (Å²) >= 11 is 0. The van der Waals surface area contributed by atoms with Crippen LogP contribution in [0.25, 0.3) is 0 Å². The molecular weight excluding hydrogens is 432 g/mol. The number of benzene rings is 1. The van der Waals surface area contributed by atoms with Gasteiger partial charge < -0.3 is 24.6 Å². The molecule has 1 N–H and O–H groups in total. The fourth-order valence-corrected chi connectivity index (χ4v) is 5.29. The van der Waals surface area contributed by atoms with Crippen molar-refractivity contribution in [3.63, 3.8) is 0 Å². The highest BCUT2D eigenvalue weighted by Gasteiger charge is 2.37. The van der Waals surface area contributed by atoms with Gasteiger partial charge in [-0.2, -0.15) is 0 Å². The van der Waals surface area contributed by atoms with E-state index in [1.165, 1.54) is 12.8 Å². The van der Waals surface area contributed by atoms with Gasteiger partial charge in [0, 0.05) is 44.8 Å². The third kappa shape index (κ3) is 6.42. The Labute approximate surface area is 204 Å². The predicted molar refractivity (Wildman–Crippen MR) is 134 cm³/mol. The van der Waals surface area contributed by atoms with Crippen LogP contribution in [0.3, 0.4) is 0 Å². The van der Waals surface area contributed by atoms with Crippen molar-refractivity contribution in [3.05, 3.63) is 23.8 Å². The molecular formula is C26H42N4O4. The molecule has 2 aliphatic rings. The molecule has 1 aliphatic carbocycles. The Morgan fingerprint density at radius 3 is 2.26 bits per heavy atom. The van der Waals surface area contributed by atoms with E-state index in [-0.39, 0.29) is 17.9 Å². The lowest BCUT2D eigenvalue weighted by Gasteiger charge is -2.41. The number of nitrogens with zero attached hydrogens (tertiary/aromatic N) is 3. The molecule has 1 heterocycles. The zero-order chi connectivity index (χ0) is 24.5. The van der Waals surface area contributed by atoms with Gasteiger partial charge in [0.25, 0.3) is 5.91 Å². The Morgan fingerprint density at radius 2 is 1.68 bits per heavy atom. The third-order valence-electron chi connectivity index (χ3n) is 7.36. The average Bonchev–Trinajstić information content (AvgIpc) is 3.40. The summed E-state index contributed by atoms with van der Waals surface area (Å²) in [4.78, 5) is 32.9. The fourth-order valence-electron chi connectivity index (χ4n) is 5.29. The Balaban J connectivity index is 1.60. The lowest BCUT2D eigenvalue weighted by Crippen LogP contribution is -2.58. The van der Waals surface area contributed by atoms with Gasteiger partial charge in [-0.25, -0.2) is 0 Å². The van der Waals surface area contributed by atoms with Crippen LogP contribution in [0.2, 0.25) is 0 Å². The number of ether oxygens (including phenoxy) is 2. The summed E-state index contributed by atoms with van der Waals surface area (Å²) in [6, 6.07) is 5.18. The van der Waals surface area contributed by atoms with Gasteiger partial charge in [-0.1, -0.05) is 26.7 Å². The van der Waals surface area contributed by atoms with Gasteiger partial charge in [0.2, 0.25) is 5.91 Å². The predicted octanol–water partition coefficient (Wildman–Crippen LogP) is 2.48. The van der Waals surface area contributed by atoms with Crippen LogP contribution in [-0.4, -0.2) is 99.1 Å². The molecule has 2 amide bonds. The molecule has 34 heavy (non-hydrogen) atoms. The molecule has 2 fully saturated rings. The van der Waals surface area contributed by atoms with E-state index < -0.39 is 0 Å². The lowest BCUT2D eigenvalue weighted by atomic mass is 9.95. The van der Waals surface area contributed by atoms with E-state index in [9.17, 15) is 9.59 Å². The van der Waals surface area contributed by atoms with E-state index in [1.54, 1.807) is 32.4 Å². The molecule has 8 nitrogen and oxygen atoms in total. The molecule has 0 radical (unpaired) electrons. The fraction of sp³-hybridized carbons (Fsp3) is 0.692. The summed E-state index contributed by atoms with van der Waals surface area (Å²) < 4.78 is 10.6. The van der Waals surface area contributed by atoms with Crippen molar-refractivity contribution in [2.24, 2.45) is 5.92 Å². The maximum Gasteiger partial charge on any atom is 0.254 e. The van der Waals surface area contributed by atoms with Crippen LogP contribution >= 0.6 is 0 Å². The molecule has 1 aromatic carbocycles. The Morgan fingerprint density at radius 1 is 1.03 bits per heavy atom. The first-order valence-corrected chi connectivity index (χ1v) is 12.8. The largest absolute Gasteiger partial charge is 0.493 e. The van der Waals surface area contributed by atoms with Gasteiger partial charge in [-0.05, 0) is 50.0 Å². The van der Waals surface area contributed by atoms with E-state index in [4.69, 9.17) is 9.47 Å². The van der Waals surface area contributed by atoms with Gasteiger partial charge in [0.1, 0.15) is 0 Å². The summed E-state index contributed by atoms with van der Waals surface area (Å²) in [5.41, 5.74) is 0.590. The highest BCUT2D eigenvalue weighted by Crippen LogP contribution is 2.32. The number of nitrogens with one attached hydrogen (secondary N) is 1. The van der Waals surface area contributed by atoms with Crippen molar-refractivity contribution in [2.45, 2.75) is 45.6 Å². The van der Waals surface area contributed by atoms with Gasteiger partial charge in [-0.3, -0.25) is 14.5 Å². The third-order valence-corrected chi connectivity index (χ3v) is 7.36. The van der Waals surface area contributed by atoms with Gasteiger partial charge in [0.15, 0.2) is 11.5 Å². The van der Waals surface area contributed by atoms with Crippen molar-refractivity contribution in [2.75, 3.05) is 66.6 Å². The minimum Gasteiger partial charge on any atom is -0.493 e. The van der Waals surface area contributed by atoms with E-state index in [0.717, 1.165) is 32.5 Å². The Bertz CT molecular complexity index is 800. The van der Waals surface area contributed by atoms with Crippen LogP contribution in [0.4, 0.5) is 0 Å². The number of likely N-dealkylation sites (N-methyl/N-ethyl adjacent to an activating group) is 1. The monoisotopic (exact) mass is 474 g/mol. The first-order chi connectivity index (χ1) is 16.5. The lowest BCUT2D eigenvalue weighted by molar-refractivity contribution is -0.129. The summed E-state index contributed by atoms with van der Waals surface area (Å²) in [6.45, 7) is 10.5. The number of carbonyl (C=O) groups is 2. The van der Waals surface area contributed by atoms with Crippen LogP contribution in [0.1, 0.15) is 49.9 Å². The molecule has 0 unspecified atom stereocenters. The molecule has 3 rings (SSSR count). The zero-order valence-corrected chi connectivity index (χ0v) is 21.3. The van der Waals surface area contributed by atoms with Crippen LogP contribution in [0, 0.1) is 5.92 Å². The second-order valence-electron chi connectivity index (χ2n) is 9.21. The van der Waals surface area contributed by atoms with E-state index in [0.29, 0.717) is 55.7 Å². The van der Waals surface area contributed by atoms with Crippen LogP contribution < -0.4 is 14.8 Å². The second-order valence-corrected chi connectivity index (χ2v) is 9.21. The second kappa shape index (κ2) is 13.0. The molecule has 190 valence electrons. The number of carbonyl (C=O) groups excluding carboxylic acids is 2. The van der Waals surface area contributed by atoms with Gasteiger partial charge in [0.05, 0.1) is 20.3 Å². The molecule has 1 atom stereocenters. The SMILES string of the molecule is CCN(CC)CCNC(=O)[C@H](C1CCCC1)N1CCN(C(=O)c2ccc(OC)c(OC)c2)CC1. The average molecular weight is 475 g/mol. The first-order valence-electron chi connectivity index (χ1n) is 12.8. The molecule has 1 aliphatic heterocycles. The van der Waals surface area contributed by atoms with Crippen molar-refractivity contribution < 1.29 is 19.1 Å².